The van der Waals surface area contributed by atoms with Gasteiger partial charge in [-0.1, -0.05) is 19.9 Å². The zero-order valence-electron chi connectivity index (χ0n) is 11.4. The monoisotopic (exact) mass is 236 g/mol. The highest BCUT2D eigenvalue weighted by Gasteiger charge is 2.14. The van der Waals surface area contributed by atoms with Gasteiger partial charge in [0.05, 0.1) is 0 Å². The first kappa shape index (κ1) is 14.1. The average Bonchev–Trinajstić information content (AvgIpc) is 2.29. The summed E-state index contributed by atoms with van der Waals surface area (Å²) in [7, 11) is 1.76. The van der Waals surface area contributed by atoms with Gasteiger partial charge in [-0.3, -0.25) is 4.98 Å². The van der Waals surface area contributed by atoms with E-state index in [2.05, 4.69) is 37.1 Å². The van der Waals surface area contributed by atoms with E-state index in [0.29, 0.717) is 12.0 Å². The number of ether oxygens (including phenoxy) is 1. The molecule has 0 aliphatic carbocycles. The molecule has 1 heterocycles. The fraction of sp³-hybridized carbons (Fsp3) is 0.643. The highest BCUT2D eigenvalue weighted by Crippen LogP contribution is 2.21. The van der Waals surface area contributed by atoms with Crippen molar-refractivity contribution in [3.63, 3.8) is 0 Å². The van der Waals surface area contributed by atoms with Crippen LogP contribution in [0.1, 0.15) is 37.4 Å². The second-order valence-electron chi connectivity index (χ2n) is 4.70. The van der Waals surface area contributed by atoms with E-state index >= 15 is 0 Å². The molecule has 1 rings (SSSR count). The Balaban J connectivity index is 2.71. The van der Waals surface area contributed by atoms with E-state index in [9.17, 15) is 0 Å². The van der Waals surface area contributed by atoms with Gasteiger partial charge < -0.3 is 10.1 Å². The molecular weight excluding hydrogens is 212 g/mol. The molecule has 1 aromatic heterocycles. The summed E-state index contributed by atoms with van der Waals surface area (Å²) >= 11 is 0. The molecule has 0 saturated carbocycles. The first-order valence-electron chi connectivity index (χ1n) is 6.31. The van der Waals surface area contributed by atoms with Crippen LogP contribution >= 0.6 is 0 Å². The third-order valence-corrected chi connectivity index (χ3v) is 2.84. The van der Waals surface area contributed by atoms with Gasteiger partial charge in [0, 0.05) is 32.2 Å². The van der Waals surface area contributed by atoms with Crippen molar-refractivity contribution in [2.24, 2.45) is 5.92 Å². The van der Waals surface area contributed by atoms with Crippen LogP contribution in [0.25, 0.3) is 0 Å². The van der Waals surface area contributed by atoms with E-state index < -0.39 is 0 Å². The van der Waals surface area contributed by atoms with Gasteiger partial charge in [0.2, 0.25) is 0 Å². The van der Waals surface area contributed by atoms with Crippen molar-refractivity contribution in [3.8, 4) is 0 Å². The molecule has 1 N–H and O–H groups in total. The first-order chi connectivity index (χ1) is 8.17. The maximum Gasteiger partial charge on any atom is 0.0488 e. The van der Waals surface area contributed by atoms with Crippen LogP contribution < -0.4 is 5.32 Å². The number of aromatic nitrogens is 1. The molecule has 0 spiro atoms. The van der Waals surface area contributed by atoms with E-state index in [0.717, 1.165) is 19.6 Å². The van der Waals surface area contributed by atoms with Crippen LogP contribution in [0.4, 0.5) is 0 Å². The number of aryl methyl sites for hydroxylation is 1. The summed E-state index contributed by atoms with van der Waals surface area (Å²) in [6, 6.07) is 2.58. The van der Waals surface area contributed by atoms with Gasteiger partial charge in [0.1, 0.15) is 0 Å². The predicted molar refractivity (Wildman–Crippen MR) is 71.0 cm³/mol. The average molecular weight is 236 g/mol. The predicted octanol–water partition coefficient (Wildman–Crippen LogP) is 2.71. The SMILES string of the molecule is CCNC(CC(C)COC)c1cncc(C)c1. The van der Waals surface area contributed by atoms with Crippen molar-refractivity contribution in [2.75, 3.05) is 20.3 Å². The van der Waals surface area contributed by atoms with Gasteiger partial charge in [-0.25, -0.2) is 0 Å². The molecule has 0 aliphatic rings. The molecule has 1 aromatic rings. The van der Waals surface area contributed by atoms with Crippen molar-refractivity contribution in [1.82, 2.24) is 10.3 Å². The molecule has 2 atom stereocenters. The smallest absolute Gasteiger partial charge is 0.0488 e. The lowest BCUT2D eigenvalue weighted by Gasteiger charge is -2.22. The maximum atomic E-state index is 5.20. The van der Waals surface area contributed by atoms with E-state index in [-0.39, 0.29) is 0 Å². The molecule has 0 fully saturated rings. The Bertz CT molecular complexity index is 328. The third-order valence-electron chi connectivity index (χ3n) is 2.84. The molecule has 96 valence electrons. The van der Waals surface area contributed by atoms with Crippen LogP contribution in [0, 0.1) is 12.8 Å². The number of methoxy groups -OCH3 is 1. The molecule has 17 heavy (non-hydrogen) atoms. The first-order valence-corrected chi connectivity index (χ1v) is 6.31. The summed E-state index contributed by atoms with van der Waals surface area (Å²) in [5, 5.41) is 3.52. The van der Waals surface area contributed by atoms with Crippen LogP contribution in [-0.2, 0) is 4.74 Å². The lowest BCUT2D eigenvalue weighted by molar-refractivity contribution is 0.149. The van der Waals surface area contributed by atoms with Crippen molar-refractivity contribution < 1.29 is 4.74 Å². The van der Waals surface area contributed by atoms with Crippen LogP contribution in [0.15, 0.2) is 18.5 Å². The normalized spacial score (nSPS) is 14.6. The van der Waals surface area contributed by atoms with E-state index in [1.807, 2.05) is 12.4 Å². The highest BCUT2D eigenvalue weighted by atomic mass is 16.5. The van der Waals surface area contributed by atoms with Gasteiger partial charge in [-0.2, -0.15) is 0 Å². The van der Waals surface area contributed by atoms with Gasteiger partial charge in [0.15, 0.2) is 0 Å². The van der Waals surface area contributed by atoms with Gasteiger partial charge in [-0.05, 0) is 36.9 Å². The molecule has 3 heteroatoms. The molecule has 2 unspecified atom stereocenters. The standard InChI is InChI=1S/C14H24N2O/c1-5-16-14(7-12(3)10-17-4)13-6-11(2)8-15-9-13/h6,8-9,12,14,16H,5,7,10H2,1-4H3. The van der Waals surface area contributed by atoms with Crippen molar-refractivity contribution in [2.45, 2.75) is 33.2 Å². The second-order valence-corrected chi connectivity index (χ2v) is 4.70. The van der Waals surface area contributed by atoms with Crippen LogP contribution in [-0.4, -0.2) is 25.2 Å². The van der Waals surface area contributed by atoms with Crippen molar-refractivity contribution >= 4 is 0 Å². The quantitative estimate of drug-likeness (QED) is 0.790. The number of rotatable bonds is 7. The Kier molecular flexibility index (Phi) is 6.16. The van der Waals surface area contributed by atoms with Gasteiger partial charge in [0.25, 0.3) is 0 Å². The molecule has 3 nitrogen and oxygen atoms in total. The zero-order chi connectivity index (χ0) is 12.7. The largest absolute Gasteiger partial charge is 0.384 e. The Hall–Kier alpha value is -0.930. The number of nitrogens with one attached hydrogen (secondary N) is 1. The number of hydrogen-bond acceptors (Lipinski definition) is 3. The maximum absolute atomic E-state index is 5.20. The minimum Gasteiger partial charge on any atom is -0.384 e. The minimum absolute atomic E-state index is 0.373. The Labute approximate surface area is 105 Å². The lowest BCUT2D eigenvalue weighted by atomic mass is 9.96. The zero-order valence-corrected chi connectivity index (χ0v) is 11.4. The molecule has 0 aliphatic heterocycles. The summed E-state index contributed by atoms with van der Waals surface area (Å²) in [4.78, 5) is 4.27. The summed E-state index contributed by atoms with van der Waals surface area (Å²) in [6.07, 6.45) is 4.93. The Morgan fingerprint density at radius 1 is 1.41 bits per heavy atom. The van der Waals surface area contributed by atoms with Gasteiger partial charge >= 0.3 is 0 Å². The molecule has 0 aromatic carbocycles. The van der Waals surface area contributed by atoms with E-state index in [4.69, 9.17) is 4.74 Å². The molecule has 0 amide bonds. The third kappa shape index (κ3) is 4.84. The topological polar surface area (TPSA) is 34.1 Å². The minimum atomic E-state index is 0.373. The molecule has 0 saturated heterocycles. The number of nitrogens with zero attached hydrogens (tertiary/aromatic N) is 1. The summed E-state index contributed by atoms with van der Waals surface area (Å²) < 4.78 is 5.20. The van der Waals surface area contributed by atoms with Crippen LogP contribution in [0.3, 0.4) is 0 Å². The van der Waals surface area contributed by atoms with Gasteiger partial charge in [-0.15, -0.1) is 0 Å². The fourth-order valence-electron chi connectivity index (χ4n) is 2.11. The summed E-state index contributed by atoms with van der Waals surface area (Å²) in [5.41, 5.74) is 2.49. The Morgan fingerprint density at radius 2 is 2.18 bits per heavy atom. The lowest BCUT2D eigenvalue weighted by Crippen LogP contribution is -2.24. The molecule has 0 bridgehead atoms. The van der Waals surface area contributed by atoms with Crippen LogP contribution in [0.2, 0.25) is 0 Å². The summed E-state index contributed by atoms with van der Waals surface area (Å²) in [5.74, 6) is 0.546. The molecule has 0 radical (unpaired) electrons. The van der Waals surface area contributed by atoms with Crippen molar-refractivity contribution in [1.29, 1.82) is 0 Å². The summed E-state index contributed by atoms with van der Waals surface area (Å²) in [6.45, 7) is 8.21. The number of pyridine rings is 1. The fourth-order valence-corrected chi connectivity index (χ4v) is 2.11. The number of hydrogen-bond donors (Lipinski definition) is 1. The van der Waals surface area contributed by atoms with Crippen molar-refractivity contribution in [3.05, 3.63) is 29.6 Å². The van der Waals surface area contributed by atoms with Crippen LogP contribution in [0.5, 0.6) is 0 Å². The molecular formula is C14H24N2O. The second kappa shape index (κ2) is 7.41. The highest BCUT2D eigenvalue weighted by molar-refractivity contribution is 5.20. The van der Waals surface area contributed by atoms with E-state index in [1.54, 1.807) is 7.11 Å². The Morgan fingerprint density at radius 3 is 2.76 bits per heavy atom. The van der Waals surface area contributed by atoms with E-state index in [1.165, 1.54) is 11.1 Å².